The molecule has 1 fully saturated rings. The topological polar surface area (TPSA) is 91.4 Å². The smallest absolute Gasteiger partial charge is 0.322 e. The fourth-order valence-corrected chi connectivity index (χ4v) is 2.92. The molecule has 1 aliphatic heterocycles. The van der Waals surface area contributed by atoms with Crippen molar-refractivity contribution in [2.75, 3.05) is 11.9 Å². The number of amides is 4. The molecule has 1 saturated heterocycles. The number of carbonyl (C=O) groups is 3. The summed E-state index contributed by atoms with van der Waals surface area (Å²) in [5.41, 5.74) is -0.404. The Morgan fingerprint density at radius 2 is 1.92 bits per heavy atom. The first-order valence-corrected chi connectivity index (χ1v) is 8.37. The van der Waals surface area contributed by atoms with Crippen LogP contribution in [0.4, 0.5) is 10.5 Å². The van der Waals surface area contributed by atoms with Gasteiger partial charge in [-0.1, -0.05) is 35.3 Å². The van der Waals surface area contributed by atoms with Crippen molar-refractivity contribution < 1.29 is 14.4 Å². The van der Waals surface area contributed by atoms with Gasteiger partial charge >= 0.3 is 6.03 Å². The van der Waals surface area contributed by atoms with Gasteiger partial charge in [-0.3, -0.25) is 14.5 Å². The number of carbonyl (C=O) groups excluding carboxylic acids is 3. The molecule has 7 nitrogen and oxygen atoms in total. The number of hydrogen-bond donors (Lipinski definition) is 2. The average Bonchev–Trinajstić information content (AvgIpc) is 2.82. The number of nitrogens with zero attached hydrogens (tertiary/aromatic N) is 2. The Labute approximate surface area is 159 Å². The van der Waals surface area contributed by atoms with Crippen LogP contribution in [-0.2, 0) is 15.1 Å². The lowest BCUT2D eigenvalue weighted by Gasteiger charge is -2.22. The second-order valence-electron chi connectivity index (χ2n) is 5.84. The third-order valence-electron chi connectivity index (χ3n) is 4.03. The maximum absolute atomic E-state index is 12.8. The summed E-state index contributed by atoms with van der Waals surface area (Å²) in [5, 5.41) is 5.78. The zero-order valence-corrected chi connectivity index (χ0v) is 15.1. The molecule has 1 aliphatic rings. The summed E-state index contributed by atoms with van der Waals surface area (Å²) in [5.74, 6) is -1.10. The van der Waals surface area contributed by atoms with Gasteiger partial charge in [0, 0.05) is 11.2 Å². The van der Waals surface area contributed by atoms with E-state index in [0.29, 0.717) is 16.3 Å². The zero-order chi connectivity index (χ0) is 18.9. The first-order valence-electron chi connectivity index (χ1n) is 7.62. The Morgan fingerprint density at radius 3 is 2.58 bits per heavy atom. The summed E-state index contributed by atoms with van der Waals surface area (Å²) < 4.78 is 0. The van der Waals surface area contributed by atoms with Crippen LogP contribution in [0.2, 0.25) is 10.2 Å². The van der Waals surface area contributed by atoms with E-state index in [9.17, 15) is 14.4 Å². The maximum atomic E-state index is 12.8. The number of aromatic nitrogens is 1. The standard InChI is InChI=1S/C17H14Cl2N4O3/c1-17(10-4-6-11(18)7-5-10)15(25)23(16(26)22-17)9-13(24)21-12-3-2-8-20-14(12)19/h2-8H,9H2,1H3,(H,21,24)(H,22,26)/t17-/m1/s1. The van der Waals surface area contributed by atoms with E-state index in [0.717, 1.165) is 4.90 Å². The van der Waals surface area contributed by atoms with Crippen LogP contribution in [0.25, 0.3) is 0 Å². The molecule has 26 heavy (non-hydrogen) atoms. The second-order valence-corrected chi connectivity index (χ2v) is 6.64. The van der Waals surface area contributed by atoms with Crippen LogP contribution >= 0.6 is 23.2 Å². The molecular weight excluding hydrogens is 379 g/mol. The van der Waals surface area contributed by atoms with E-state index < -0.39 is 29.9 Å². The highest BCUT2D eigenvalue weighted by Gasteiger charge is 2.49. The van der Waals surface area contributed by atoms with Gasteiger partial charge in [0.15, 0.2) is 5.15 Å². The normalized spacial score (nSPS) is 19.4. The van der Waals surface area contributed by atoms with E-state index in [2.05, 4.69) is 15.6 Å². The molecule has 0 radical (unpaired) electrons. The Morgan fingerprint density at radius 1 is 1.23 bits per heavy atom. The van der Waals surface area contributed by atoms with Gasteiger partial charge in [-0.2, -0.15) is 0 Å². The molecule has 0 spiro atoms. The number of urea groups is 1. The quantitative estimate of drug-likeness (QED) is 0.617. The molecule has 3 rings (SSSR count). The largest absolute Gasteiger partial charge is 0.325 e. The van der Waals surface area contributed by atoms with E-state index in [1.165, 1.54) is 6.20 Å². The van der Waals surface area contributed by atoms with Crippen molar-refractivity contribution in [3.63, 3.8) is 0 Å². The highest BCUT2D eigenvalue weighted by Crippen LogP contribution is 2.29. The van der Waals surface area contributed by atoms with Crippen molar-refractivity contribution >= 4 is 46.7 Å². The third-order valence-corrected chi connectivity index (χ3v) is 4.58. The summed E-state index contributed by atoms with van der Waals surface area (Å²) in [6, 6.07) is 9.07. The predicted molar refractivity (Wildman–Crippen MR) is 96.9 cm³/mol. The molecule has 0 bridgehead atoms. The SMILES string of the molecule is C[C@]1(c2ccc(Cl)cc2)NC(=O)N(CC(=O)Nc2cccnc2Cl)C1=O. The van der Waals surface area contributed by atoms with Crippen molar-refractivity contribution in [1.82, 2.24) is 15.2 Å². The van der Waals surface area contributed by atoms with E-state index >= 15 is 0 Å². The lowest BCUT2D eigenvalue weighted by Crippen LogP contribution is -2.42. The fraction of sp³-hybridized carbons (Fsp3) is 0.176. The van der Waals surface area contributed by atoms with E-state index in [-0.39, 0.29) is 5.15 Å². The van der Waals surface area contributed by atoms with Gasteiger partial charge in [0.05, 0.1) is 5.69 Å². The summed E-state index contributed by atoms with van der Waals surface area (Å²) in [6.07, 6.45) is 1.48. The monoisotopic (exact) mass is 392 g/mol. The van der Waals surface area contributed by atoms with Crippen molar-refractivity contribution in [1.29, 1.82) is 0 Å². The van der Waals surface area contributed by atoms with Crippen LogP contribution in [0.1, 0.15) is 12.5 Å². The molecule has 0 aliphatic carbocycles. The van der Waals surface area contributed by atoms with Gasteiger partial charge in [0.1, 0.15) is 12.1 Å². The molecule has 2 aromatic rings. The van der Waals surface area contributed by atoms with Crippen LogP contribution in [0.15, 0.2) is 42.6 Å². The number of pyridine rings is 1. The van der Waals surface area contributed by atoms with Crippen LogP contribution in [-0.4, -0.2) is 34.3 Å². The molecule has 2 heterocycles. The molecule has 2 N–H and O–H groups in total. The number of imide groups is 1. The van der Waals surface area contributed by atoms with Gasteiger partial charge in [-0.25, -0.2) is 9.78 Å². The molecule has 1 aromatic carbocycles. The first kappa shape index (κ1) is 18.2. The Bertz CT molecular complexity index is 888. The number of rotatable bonds is 4. The third kappa shape index (κ3) is 3.36. The highest BCUT2D eigenvalue weighted by atomic mass is 35.5. The van der Waals surface area contributed by atoms with Crippen molar-refractivity contribution in [2.45, 2.75) is 12.5 Å². The molecule has 4 amide bonds. The highest BCUT2D eigenvalue weighted by molar-refractivity contribution is 6.32. The average molecular weight is 393 g/mol. The van der Waals surface area contributed by atoms with Crippen LogP contribution in [0.5, 0.6) is 0 Å². The molecule has 9 heteroatoms. The summed E-state index contributed by atoms with van der Waals surface area (Å²) in [4.78, 5) is 41.9. The Balaban J connectivity index is 1.76. The predicted octanol–water partition coefficient (Wildman–Crippen LogP) is 2.79. The molecule has 1 atom stereocenters. The van der Waals surface area contributed by atoms with Gasteiger partial charge in [0.25, 0.3) is 5.91 Å². The summed E-state index contributed by atoms with van der Waals surface area (Å²) >= 11 is 11.7. The number of benzene rings is 1. The van der Waals surface area contributed by atoms with Crippen molar-refractivity contribution in [3.05, 3.63) is 58.3 Å². The number of halogens is 2. The summed E-state index contributed by atoms with van der Waals surface area (Å²) in [7, 11) is 0. The van der Waals surface area contributed by atoms with Gasteiger partial charge in [-0.15, -0.1) is 0 Å². The van der Waals surface area contributed by atoms with Crippen molar-refractivity contribution in [2.24, 2.45) is 0 Å². The van der Waals surface area contributed by atoms with Crippen LogP contribution in [0, 0.1) is 0 Å². The lowest BCUT2D eigenvalue weighted by atomic mass is 9.92. The van der Waals surface area contributed by atoms with Crippen LogP contribution < -0.4 is 10.6 Å². The number of hydrogen-bond acceptors (Lipinski definition) is 4. The van der Waals surface area contributed by atoms with Crippen LogP contribution in [0.3, 0.4) is 0 Å². The molecule has 0 unspecified atom stereocenters. The molecule has 0 saturated carbocycles. The molecule has 1 aromatic heterocycles. The lowest BCUT2D eigenvalue weighted by molar-refractivity contribution is -0.133. The molecule has 134 valence electrons. The van der Waals surface area contributed by atoms with Gasteiger partial charge in [-0.05, 0) is 36.8 Å². The minimum atomic E-state index is -1.27. The Hall–Kier alpha value is -2.64. The van der Waals surface area contributed by atoms with E-state index in [1.54, 1.807) is 43.3 Å². The fourth-order valence-electron chi connectivity index (χ4n) is 2.63. The number of anilines is 1. The van der Waals surface area contributed by atoms with E-state index in [4.69, 9.17) is 23.2 Å². The van der Waals surface area contributed by atoms with Crippen molar-refractivity contribution in [3.8, 4) is 0 Å². The maximum Gasteiger partial charge on any atom is 0.325 e. The van der Waals surface area contributed by atoms with Gasteiger partial charge in [0.2, 0.25) is 5.91 Å². The minimum absolute atomic E-state index is 0.115. The zero-order valence-electron chi connectivity index (χ0n) is 13.6. The Kier molecular flexibility index (Phi) is 4.84. The molecular formula is C17H14Cl2N4O3. The van der Waals surface area contributed by atoms with Gasteiger partial charge < -0.3 is 10.6 Å². The van der Waals surface area contributed by atoms with E-state index in [1.807, 2.05) is 0 Å². The summed E-state index contributed by atoms with van der Waals surface area (Å²) in [6.45, 7) is 1.13. The second kappa shape index (κ2) is 6.93. The first-order chi connectivity index (χ1) is 12.3. The minimum Gasteiger partial charge on any atom is -0.322 e. The number of nitrogens with one attached hydrogen (secondary N) is 2.